The zero-order chi connectivity index (χ0) is 13.1. The van der Waals surface area contributed by atoms with E-state index in [1.165, 1.54) is 68.5 Å². The first-order valence-electron chi connectivity index (χ1n) is 7.71. The predicted molar refractivity (Wildman–Crippen MR) is 83.9 cm³/mol. The Balaban J connectivity index is 1.87. The van der Waals surface area contributed by atoms with Crippen LogP contribution in [0.2, 0.25) is 0 Å². The van der Waals surface area contributed by atoms with Crippen LogP contribution in [0.5, 0.6) is 0 Å². The number of halogens is 1. The number of imidazole rings is 1. The molecule has 4 heteroatoms. The minimum atomic E-state index is 0.757. The van der Waals surface area contributed by atoms with Crippen LogP contribution in [0.3, 0.4) is 0 Å². The summed E-state index contributed by atoms with van der Waals surface area (Å²) in [4.78, 5) is 0. The van der Waals surface area contributed by atoms with Crippen LogP contribution >= 0.6 is 20.3 Å². The molecule has 0 N–H and O–H groups in total. The molecular formula is C15H24CuIN2. The Hall–Kier alpha value is 0.459. The summed E-state index contributed by atoms with van der Waals surface area (Å²) in [5, 5.41) is 0. The van der Waals surface area contributed by atoms with Gasteiger partial charge in [0.25, 0.3) is 0 Å². The summed E-state index contributed by atoms with van der Waals surface area (Å²) in [6.07, 6.45) is 18.7. The van der Waals surface area contributed by atoms with Gasteiger partial charge in [0.05, 0.1) is 0 Å². The van der Waals surface area contributed by atoms with Crippen molar-refractivity contribution in [3.8, 4) is 0 Å². The molecular weight excluding hydrogens is 399 g/mol. The van der Waals surface area contributed by atoms with E-state index >= 15 is 0 Å². The third-order valence-corrected chi connectivity index (χ3v) is 6.61. The Morgan fingerprint density at radius 2 is 1.21 bits per heavy atom. The van der Waals surface area contributed by atoms with Gasteiger partial charge in [0.2, 0.25) is 0 Å². The molecule has 112 valence electrons. The molecule has 1 aromatic rings. The van der Waals surface area contributed by atoms with Crippen molar-refractivity contribution >= 4 is 20.3 Å². The van der Waals surface area contributed by atoms with E-state index in [9.17, 15) is 0 Å². The molecule has 0 spiro atoms. The van der Waals surface area contributed by atoms with E-state index in [1.807, 2.05) is 11.3 Å². The summed E-state index contributed by atoms with van der Waals surface area (Å²) in [6.45, 7) is 0. The number of hydrogen-bond donors (Lipinski definition) is 0. The summed E-state index contributed by atoms with van der Waals surface area (Å²) >= 11 is 4.47. The van der Waals surface area contributed by atoms with Gasteiger partial charge >= 0.3 is 134 Å². The molecule has 0 bridgehead atoms. The molecule has 1 aromatic heterocycles. The first-order chi connectivity index (χ1) is 9.40. The molecule has 2 saturated carbocycles. The van der Waals surface area contributed by atoms with Crippen LogP contribution < -0.4 is 0 Å². The monoisotopic (exact) mass is 422 g/mol. The number of aromatic nitrogens is 2. The average molecular weight is 423 g/mol. The van der Waals surface area contributed by atoms with Crippen LogP contribution in [0.25, 0.3) is 0 Å². The SMILES string of the molecule is [I][Cu]=[c]1n(C2CCCCC2)ccn1C1CCCCC1. The van der Waals surface area contributed by atoms with E-state index in [0.717, 1.165) is 12.1 Å². The molecule has 0 unspecified atom stereocenters. The maximum absolute atomic E-state index is 2.57. The van der Waals surface area contributed by atoms with Crippen LogP contribution in [0, 0.1) is 4.32 Å². The molecule has 2 aliphatic carbocycles. The van der Waals surface area contributed by atoms with Gasteiger partial charge in [0, 0.05) is 0 Å². The van der Waals surface area contributed by atoms with Gasteiger partial charge in [-0.25, -0.2) is 0 Å². The Morgan fingerprint density at radius 3 is 1.58 bits per heavy atom. The average Bonchev–Trinajstić information content (AvgIpc) is 2.93. The summed E-state index contributed by atoms with van der Waals surface area (Å²) in [6, 6.07) is 1.51. The van der Waals surface area contributed by atoms with Gasteiger partial charge in [-0.2, -0.15) is 0 Å². The standard InChI is InChI=1S/C15H24N2.Cu.HI/c1-3-7-14(8-4-1)16-11-12-17(13-16)15-9-5-2-6-10-15;;/h11-12,14-15H,1-10H2;;1H/q;+1;/p-1. The zero-order valence-corrected chi connectivity index (χ0v) is 14.6. The minimum absolute atomic E-state index is 0.757. The summed E-state index contributed by atoms with van der Waals surface area (Å²) in [7, 11) is 0. The molecule has 0 atom stereocenters. The normalized spacial score (nSPS) is 23.0. The Kier molecular flexibility index (Phi) is 5.27. The summed E-state index contributed by atoms with van der Waals surface area (Å²) < 4.78 is 6.61. The molecule has 0 aromatic carbocycles. The van der Waals surface area contributed by atoms with Crippen molar-refractivity contribution in [2.24, 2.45) is 0 Å². The van der Waals surface area contributed by atoms with Gasteiger partial charge < -0.3 is 0 Å². The Labute approximate surface area is 133 Å². The van der Waals surface area contributed by atoms with Crippen molar-refractivity contribution in [3.63, 3.8) is 0 Å². The van der Waals surface area contributed by atoms with E-state index in [2.05, 4.69) is 41.9 Å². The fourth-order valence-corrected chi connectivity index (χ4v) is 5.74. The fraction of sp³-hybridized carbons (Fsp3) is 0.800. The third-order valence-electron chi connectivity index (χ3n) is 4.76. The second-order valence-electron chi connectivity index (χ2n) is 5.99. The van der Waals surface area contributed by atoms with Gasteiger partial charge in [0.1, 0.15) is 0 Å². The van der Waals surface area contributed by atoms with Crippen molar-refractivity contribution < 1.29 is 11.3 Å². The van der Waals surface area contributed by atoms with Crippen molar-refractivity contribution in [1.29, 1.82) is 0 Å². The second-order valence-corrected chi connectivity index (χ2v) is 7.93. The van der Waals surface area contributed by atoms with Gasteiger partial charge in [-0.1, -0.05) is 0 Å². The number of hydrogen-bond acceptors (Lipinski definition) is 0. The molecule has 2 fully saturated rings. The van der Waals surface area contributed by atoms with Gasteiger partial charge in [0.15, 0.2) is 0 Å². The van der Waals surface area contributed by atoms with E-state index in [1.54, 1.807) is 0 Å². The Bertz CT molecular complexity index is 426. The molecule has 2 nitrogen and oxygen atoms in total. The molecule has 1 heterocycles. The van der Waals surface area contributed by atoms with Crippen LogP contribution in [0.15, 0.2) is 12.4 Å². The maximum atomic E-state index is 2.57. The summed E-state index contributed by atoms with van der Waals surface area (Å²) in [5.41, 5.74) is 0. The topological polar surface area (TPSA) is 9.86 Å². The molecule has 0 saturated heterocycles. The first-order valence-corrected chi connectivity index (χ1v) is 11.2. The molecule has 0 aliphatic heterocycles. The van der Waals surface area contributed by atoms with Gasteiger partial charge in [-0.15, -0.1) is 0 Å². The van der Waals surface area contributed by atoms with Crippen LogP contribution in [0.4, 0.5) is 0 Å². The predicted octanol–water partition coefficient (Wildman–Crippen LogP) is 5.26. The van der Waals surface area contributed by atoms with E-state index in [0.29, 0.717) is 0 Å². The van der Waals surface area contributed by atoms with E-state index in [-0.39, 0.29) is 0 Å². The van der Waals surface area contributed by atoms with Crippen LogP contribution in [-0.4, -0.2) is 9.13 Å². The quantitative estimate of drug-likeness (QED) is 0.454. The van der Waals surface area contributed by atoms with Crippen LogP contribution in [-0.2, 0) is 11.3 Å². The van der Waals surface area contributed by atoms with E-state index < -0.39 is 0 Å². The number of rotatable bonds is 2. The molecule has 19 heavy (non-hydrogen) atoms. The van der Waals surface area contributed by atoms with E-state index in [4.69, 9.17) is 0 Å². The number of nitrogens with zero attached hydrogens (tertiary/aromatic N) is 2. The first kappa shape index (κ1) is 14.4. The summed E-state index contributed by atoms with van der Waals surface area (Å²) in [5.74, 6) is 0. The van der Waals surface area contributed by atoms with Crippen molar-refractivity contribution in [1.82, 2.24) is 9.13 Å². The van der Waals surface area contributed by atoms with Crippen molar-refractivity contribution in [2.45, 2.75) is 76.3 Å². The zero-order valence-electron chi connectivity index (χ0n) is 11.5. The molecule has 0 radical (unpaired) electrons. The molecule has 2 aliphatic rings. The van der Waals surface area contributed by atoms with Gasteiger partial charge in [-0.3, -0.25) is 0 Å². The molecule has 0 amide bonds. The van der Waals surface area contributed by atoms with Crippen molar-refractivity contribution in [3.05, 3.63) is 16.7 Å². The van der Waals surface area contributed by atoms with Crippen molar-refractivity contribution in [2.75, 3.05) is 0 Å². The third kappa shape index (κ3) is 3.21. The fourth-order valence-electron chi connectivity index (χ4n) is 3.68. The van der Waals surface area contributed by atoms with Crippen LogP contribution in [0.1, 0.15) is 76.3 Å². The second kappa shape index (κ2) is 6.95. The van der Waals surface area contributed by atoms with Gasteiger partial charge in [-0.05, 0) is 0 Å². The Morgan fingerprint density at radius 1 is 0.789 bits per heavy atom. The molecule has 3 rings (SSSR count).